The molecule has 0 radical (unpaired) electrons. The van der Waals surface area contributed by atoms with Gasteiger partial charge in [-0.3, -0.25) is 4.79 Å². The standard InChI is InChI=1S/C4H8N2O/c1-3(2-5)4(6)7/h2H,5H2,1H3,(H2,6,7)/b3-2-. The molecule has 0 aromatic rings. The maximum absolute atomic E-state index is 10.0. The van der Waals surface area contributed by atoms with E-state index in [0.29, 0.717) is 5.57 Å². The fourth-order valence-electron chi connectivity index (χ4n) is 0.0821. The predicted molar refractivity (Wildman–Crippen MR) is 27.1 cm³/mol. The predicted octanol–water partition coefficient (Wildman–Crippen LogP) is -0.666. The number of amides is 1. The van der Waals surface area contributed by atoms with Gasteiger partial charge >= 0.3 is 0 Å². The van der Waals surface area contributed by atoms with E-state index in [2.05, 4.69) is 0 Å². The number of primary amides is 1. The molecule has 7 heavy (non-hydrogen) atoms. The van der Waals surface area contributed by atoms with Crippen molar-refractivity contribution in [2.45, 2.75) is 6.92 Å². The minimum Gasteiger partial charge on any atom is -0.404 e. The molecule has 0 saturated heterocycles. The lowest BCUT2D eigenvalue weighted by atomic mass is 10.3. The highest BCUT2D eigenvalue weighted by Crippen LogP contribution is 1.81. The van der Waals surface area contributed by atoms with Crippen LogP contribution in [0.4, 0.5) is 0 Å². The van der Waals surface area contributed by atoms with E-state index in [9.17, 15) is 4.79 Å². The van der Waals surface area contributed by atoms with Gasteiger partial charge in [0.2, 0.25) is 5.91 Å². The van der Waals surface area contributed by atoms with Gasteiger partial charge in [-0.05, 0) is 6.92 Å². The molecule has 0 bridgehead atoms. The van der Waals surface area contributed by atoms with Crippen molar-refractivity contribution in [2.75, 3.05) is 0 Å². The van der Waals surface area contributed by atoms with E-state index < -0.39 is 5.91 Å². The van der Waals surface area contributed by atoms with Crippen molar-refractivity contribution in [3.8, 4) is 0 Å². The zero-order valence-corrected chi connectivity index (χ0v) is 4.14. The SMILES string of the molecule is C/C(=C/N)C(N)=O. The van der Waals surface area contributed by atoms with Gasteiger partial charge in [-0.25, -0.2) is 0 Å². The van der Waals surface area contributed by atoms with Gasteiger partial charge in [0.05, 0.1) is 0 Å². The van der Waals surface area contributed by atoms with Crippen LogP contribution in [-0.4, -0.2) is 5.91 Å². The summed E-state index contributed by atoms with van der Waals surface area (Å²) in [5.41, 5.74) is 10.1. The van der Waals surface area contributed by atoms with Gasteiger partial charge in [0, 0.05) is 11.8 Å². The van der Waals surface area contributed by atoms with Crippen molar-refractivity contribution in [2.24, 2.45) is 11.5 Å². The van der Waals surface area contributed by atoms with E-state index in [-0.39, 0.29) is 0 Å². The fraction of sp³-hybridized carbons (Fsp3) is 0.250. The third-order valence-corrected chi connectivity index (χ3v) is 0.639. The quantitative estimate of drug-likeness (QED) is 0.429. The zero-order chi connectivity index (χ0) is 5.86. The Morgan fingerprint density at radius 3 is 2.14 bits per heavy atom. The molecule has 3 heteroatoms. The van der Waals surface area contributed by atoms with E-state index in [0.717, 1.165) is 0 Å². The van der Waals surface area contributed by atoms with Gasteiger partial charge in [0.15, 0.2) is 0 Å². The molecule has 40 valence electrons. The minimum atomic E-state index is -0.470. The van der Waals surface area contributed by atoms with Crippen LogP contribution in [0.5, 0.6) is 0 Å². The van der Waals surface area contributed by atoms with Crippen LogP contribution in [0.3, 0.4) is 0 Å². The molecule has 0 spiro atoms. The first-order chi connectivity index (χ1) is 3.18. The number of hydrogen-bond acceptors (Lipinski definition) is 2. The number of nitrogens with two attached hydrogens (primary N) is 2. The monoisotopic (exact) mass is 100 g/mol. The second-order valence-corrected chi connectivity index (χ2v) is 1.21. The summed E-state index contributed by atoms with van der Waals surface area (Å²) in [5.74, 6) is -0.470. The Balaban J connectivity index is 3.82. The highest BCUT2D eigenvalue weighted by atomic mass is 16.1. The van der Waals surface area contributed by atoms with Crippen molar-refractivity contribution in [3.05, 3.63) is 11.8 Å². The number of rotatable bonds is 1. The van der Waals surface area contributed by atoms with E-state index in [1.54, 1.807) is 6.92 Å². The van der Waals surface area contributed by atoms with Gasteiger partial charge < -0.3 is 11.5 Å². The third kappa shape index (κ3) is 1.81. The van der Waals surface area contributed by atoms with Crippen LogP contribution in [-0.2, 0) is 4.79 Å². The van der Waals surface area contributed by atoms with Crippen LogP contribution in [0.15, 0.2) is 11.8 Å². The van der Waals surface area contributed by atoms with Crippen molar-refractivity contribution < 1.29 is 4.79 Å². The molecule has 1 amide bonds. The molecule has 0 aliphatic heterocycles. The molecule has 0 fully saturated rings. The van der Waals surface area contributed by atoms with Gasteiger partial charge in [0.1, 0.15) is 0 Å². The third-order valence-electron chi connectivity index (χ3n) is 0.639. The summed E-state index contributed by atoms with van der Waals surface area (Å²) >= 11 is 0. The number of carbonyl (C=O) groups excluding carboxylic acids is 1. The molecular formula is C4H8N2O. The van der Waals surface area contributed by atoms with E-state index in [1.165, 1.54) is 6.20 Å². The molecular weight excluding hydrogens is 92.1 g/mol. The second-order valence-electron chi connectivity index (χ2n) is 1.21. The highest BCUT2D eigenvalue weighted by molar-refractivity contribution is 5.90. The Kier molecular flexibility index (Phi) is 1.91. The molecule has 4 N–H and O–H groups in total. The molecule has 0 heterocycles. The normalized spacial score (nSPS) is 11.3. The van der Waals surface area contributed by atoms with E-state index in [4.69, 9.17) is 11.5 Å². The smallest absolute Gasteiger partial charge is 0.245 e. The summed E-state index contributed by atoms with van der Waals surface area (Å²) < 4.78 is 0. The lowest BCUT2D eigenvalue weighted by Crippen LogP contribution is -2.12. The van der Waals surface area contributed by atoms with Crippen LogP contribution in [0.1, 0.15) is 6.92 Å². The van der Waals surface area contributed by atoms with Gasteiger partial charge in [-0.15, -0.1) is 0 Å². The van der Waals surface area contributed by atoms with Gasteiger partial charge in [0.25, 0.3) is 0 Å². The van der Waals surface area contributed by atoms with Crippen LogP contribution in [0.2, 0.25) is 0 Å². The van der Waals surface area contributed by atoms with Crippen molar-refractivity contribution in [1.82, 2.24) is 0 Å². The van der Waals surface area contributed by atoms with Crippen molar-refractivity contribution in [3.63, 3.8) is 0 Å². The Morgan fingerprint density at radius 2 is 2.14 bits per heavy atom. The Morgan fingerprint density at radius 1 is 1.71 bits per heavy atom. The van der Waals surface area contributed by atoms with Gasteiger partial charge in [-0.1, -0.05) is 0 Å². The Hall–Kier alpha value is -0.990. The minimum absolute atomic E-state index is 0.389. The van der Waals surface area contributed by atoms with Crippen molar-refractivity contribution in [1.29, 1.82) is 0 Å². The van der Waals surface area contributed by atoms with Gasteiger partial charge in [-0.2, -0.15) is 0 Å². The van der Waals surface area contributed by atoms with Crippen LogP contribution in [0, 0.1) is 0 Å². The maximum atomic E-state index is 10.0. The van der Waals surface area contributed by atoms with Crippen LogP contribution < -0.4 is 11.5 Å². The summed E-state index contributed by atoms with van der Waals surface area (Å²) in [6, 6.07) is 0. The first-order valence-corrected chi connectivity index (χ1v) is 1.86. The molecule has 0 aromatic heterocycles. The van der Waals surface area contributed by atoms with Crippen LogP contribution in [0.25, 0.3) is 0 Å². The summed E-state index contributed by atoms with van der Waals surface area (Å²) in [7, 11) is 0. The number of carbonyl (C=O) groups is 1. The van der Waals surface area contributed by atoms with E-state index >= 15 is 0 Å². The second kappa shape index (κ2) is 2.23. The van der Waals surface area contributed by atoms with E-state index in [1.807, 2.05) is 0 Å². The molecule has 0 aliphatic carbocycles. The summed E-state index contributed by atoms with van der Waals surface area (Å²) in [6.45, 7) is 1.56. The Bertz CT molecular complexity index is 106. The molecule has 0 saturated carbocycles. The topological polar surface area (TPSA) is 69.1 Å². The molecule has 0 rings (SSSR count). The summed E-state index contributed by atoms with van der Waals surface area (Å²) in [4.78, 5) is 10.0. The molecule has 0 atom stereocenters. The fourth-order valence-corrected chi connectivity index (χ4v) is 0.0821. The summed E-state index contributed by atoms with van der Waals surface area (Å²) in [5, 5.41) is 0. The van der Waals surface area contributed by atoms with Crippen LogP contribution >= 0.6 is 0 Å². The highest BCUT2D eigenvalue weighted by Gasteiger charge is 1.90. The maximum Gasteiger partial charge on any atom is 0.245 e. The average molecular weight is 100 g/mol. The van der Waals surface area contributed by atoms with Crippen molar-refractivity contribution >= 4 is 5.91 Å². The first-order valence-electron chi connectivity index (χ1n) is 1.86. The lowest BCUT2D eigenvalue weighted by Gasteiger charge is -1.85. The lowest BCUT2D eigenvalue weighted by molar-refractivity contribution is -0.114. The molecule has 0 aromatic carbocycles. The largest absolute Gasteiger partial charge is 0.404 e. The molecule has 0 aliphatic rings. The number of hydrogen-bond donors (Lipinski definition) is 2. The molecule has 3 nitrogen and oxygen atoms in total. The average Bonchev–Trinajstić information content (AvgIpc) is 1.65. The first kappa shape index (κ1) is 6.01. The summed E-state index contributed by atoms with van der Waals surface area (Å²) in [6.07, 6.45) is 1.18. The molecule has 0 unspecified atom stereocenters. The Labute approximate surface area is 42.0 Å². The zero-order valence-electron chi connectivity index (χ0n) is 4.14.